The Morgan fingerprint density at radius 3 is 2.90 bits per heavy atom. The topological polar surface area (TPSA) is 59.1 Å². The summed E-state index contributed by atoms with van der Waals surface area (Å²) in [4.78, 5) is 13.9. The molecule has 1 amide bonds. The van der Waals surface area contributed by atoms with E-state index in [-0.39, 0.29) is 11.9 Å². The predicted octanol–water partition coefficient (Wildman–Crippen LogP) is 1.02. The number of carbonyl (C=O) groups is 1. The van der Waals surface area contributed by atoms with Crippen LogP contribution in [0.25, 0.3) is 0 Å². The minimum atomic E-state index is -0.198. The molecule has 4 rings (SSSR count). The molecule has 1 N–H and O–H groups in total. The van der Waals surface area contributed by atoms with Crippen LogP contribution in [0.1, 0.15) is 44.9 Å². The molecular weight excluding hydrogens is 252 g/mol. The van der Waals surface area contributed by atoms with Crippen LogP contribution in [0.4, 0.5) is 0 Å². The van der Waals surface area contributed by atoms with E-state index in [1.54, 1.807) is 4.90 Å². The van der Waals surface area contributed by atoms with Crippen LogP contribution >= 0.6 is 0 Å². The zero-order chi connectivity index (χ0) is 13.7. The third kappa shape index (κ3) is 1.71. The summed E-state index contributed by atoms with van der Waals surface area (Å²) in [5, 5.41) is 11.3. The first-order valence-corrected chi connectivity index (χ1v) is 7.96. The maximum absolute atomic E-state index is 12.2. The van der Waals surface area contributed by atoms with Crippen molar-refractivity contribution in [3.63, 3.8) is 0 Å². The highest BCUT2D eigenvalue weighted by molar-refractivity contribution is 5.79. The third-order valence-electron chi connectivity index (χ3n) is 5.91. The number of nitrogens with one attached hydrogen (secondary N) is 1. The fourth-order valence-corrected chi connectivity index (χ4v) is 4.82. The molecule has 0 aromatic rings. The summed E-state index contributed by atoms with van der Waals surface area (Å²) in [6.07, 6.45) is 8.64. The Balaban J connectivity index is 1.28. The van der Waals surface area contributed by atoms with E-state index < -0.39 is 0 Å². The number of rotatable bonds is 3. The summed E-state index contributed by atoms with van der Waals surface area (Å²) < 4.78 is 0. The second kappa shape index (κ2) is 4.44. The van der Waals surface area contributed by atoms with Gasteiger partial charge in [0.1, 0.15) is 6.04 Å². The highest BCUT2D eigenvalue weighted by Crippen LogP contribution is 2.64. The Morgan fingerprint density at radius 1 is 1.35 bits per heavy atom. The lowest BCUT2D eigenvalue weighted by Crippen LogP contribution is -2.42. The molecule has 0 aromatic heterocycles. The lowest BCUT2D eigenvalue weighted by atomic mass is 9.68. The van der Waals surface area contributed by atoms with Crippen LogP contribution in [-0.4, -0.2) is 47.0 Å². The van der Waals surface area contributed by atoms with Crippen molar-refractivity contribution in [3.05, 3.63) is 0 Å². The molecule has 108 valence electrons. The Labute approximate surface area is 119 Å². The van der Waals surface area contributed by atoms with Crippen LogP contribution in [0, 0.1) is 16.7 Å². The average Bonchev–Trinajstić information content (AvgIpc) is 2.88. The minimum absolute atomic E-state index is 0.0841. The van der Waals surface area contributed by atoms with E-state index in [9.17, 15) is 4.79 Å². The van der Waals surface area contributed by atoms with E-state index in [4.69, 9.17) is 5.26 Å². The molecule has 0 bridgehead atoms. The molecule has 0 radical (unpaired) electrons. The Morgan fingerprint density at radius 2 is 2.15 bits per heavy atom. The molecule has 1 spiro atoms. The van der Waals surface area contributed by atoms with Gasteiger partial charge in [-0.25, -0.2) is 10.4 Å². The van der Waals surface area contributed by atoms with Crippen molar-refractivity contribution in [1.29, 1.82) is 5.26 Å². The molecule has 4 fully saturated rings. The van der Waals surface area contributed by atoms with E-state index in [0.717, 1.165) is 19.4 Å². The van der Waals surface area contributed by atoms with E-state index >= 15 is 0 Å². The SMILES string of the molecule is N#CC1CCCN1C(=O)CNN1[C@H]2CC3(CCCC3)[C@@H]21. The second-order valence-corrected chi connectivity index (χ2v) is 6.90. The standard InChI is InChI=1S/C15H22N4O/c16-9-11-4-3-7-18(11)13(20)10-17-19-12-8-15(14(12)19)5-1-2-6-15/h11-12,14,17H,1-8,10H2/t11?,12-,14+,19?/m0/s1. The average molecular weight is 274 g/mol. The van der Waals surface area contributed by atoms with Gasteiger partial charge in [-0.05, 0) is 37.5 Å². The molecule has 20 heavy (non-hydrogen) atoms. The fourth-order valence-electron chi connectivity index (χ4n) is 4.82. The predicted molar refractivity (Wildman–Crippen MR) is 73.3 cm³/mol. The molecule has 2 unspecified atom stereocenters. The lowest BCUT2D eigenvalue weighted by molar-refractivity contribution is -0.130. The number of carbonyl (C=O) groups excluding carboxylic acids is 1. The van der Waals surface area contributed by atoms with Gasteiger partial charge in [0.2, 0.25) is 5.91 Å². The van der Waals surface area contributed by atoms with E-state index in [0.29, 0.717) is 24.0 Å². The van der Waals surface area contributed by atoms with Gasteiger partial charge in [-0.3, -0.25) is 4.79 Å². The molecule has 2 aliphatic carbocycles. The molecule has 5 heteroatoms. The van der Waals surface area contributed by atoms with Crippen molar-refractivity contribution in [3.8, 4) is 6.07 Å². The molecule has 4 atom stereocenters. The van der Waals surface area contributed by atoms with Crippen LogP contribution in [0.2, 0.25) is 0 Å². The number of hydrogen-bond donors (Lipinski definition) is 1. The van der Waals surface area contributed by atoms with E-state index in [1.807, 2.05) is 0 Å². The number of fused-ring (bicyclic) bond motifs is 2. The van der Waals surface area contributed by atoms with Crippen LogP contribution in [0.5, 0.6) is 0 Å². The van der Waals surface area contributed by atoms with Gasteiger partial charge < -0.3 is 4.90 Å². The van der Waals surface area contributed by atoms with Gasteiger partial charge in [0.15, 0.2) is 0 Å². The smallest absolute Gasteiger partial charge is 0.239 e. The molecule has 4 aliphatic rings. The van der Waals surface area contributed by atoms with Gasteiger partial charge in [-0.1, -0.05) is 12.8 Å². The van der Waals surface area contributed by atoms with Crippen molar-refractivity contribution in [2.75, 3.05) is 13.1 Å². The normalized spacial score (nSPS) is 40.2. The molecule has 2 saturated heterocycles. The Kier molecular flexibility index (Phi) is 2.80. The fraction of sp³-hybridized carbons (Fsp3) is 0.867. The number of likely N-dealkylation sites (tertiary alicyclic amines) is 1. The van der Waals surface area contributed by atoms with E-state index in [2.05, 4.69) is 16.5 Å². The van der Waals surface area contributed by atoms with Crippen molar-refractivity contribution in [2.45, 2.75) is 63.1 Å². The van der Waals surface area contributed by atoms with Crippen LogP contribution < -0.4 is 5.43 Å². The lowest BCUT2D eigenvalue weighted by Gasteiger charge is -2.34. The second-order valence-electron chi connectivity index (χ2n) is 6.90. The van der Waals surface area contributed by atoms with Crippen molar-refractivity contribution in [2.24, 2.45) is 5.41 Å². The first-order chi connectivity index (χ1) is 9.75. The quantitative estimate of drug-likeness (QED) is 0.781. The van der Waals surface area contributed by atoms with Gasteiger partial charge in [0, 0.05) is 18.6 Å². The first-order valence-electron chi connectivity index (χ1n) is 7.96. The van der Waals surface area contributed by atoms with Crippen LogP contribution in [0.3, 0.4) is 0 Å². The summed E-state index contributed by atoms with van der Waals surface area (Å²) in [6.45, 7) is 1.11. The largest absolute Gasteiger partial charge is 0.326 e. The summed E-state index contributed by atoms with van der Waals surface area (Å²) in [5.41, 5.74) is 3.91. The Hall–Kier alpha value is -1.12. The number of nitriles is 1. The van der Waals surface area contributed by atoms with Crippen LogP contribution in [-0.2, 0) is 4.79 Å². The highest BCUT2D eigenvalue weighted by Gasteiger charge is 2.70. The number of hydrazine groups is 1. The highest BCUT2D eigenvalue weighted by atomic mass is 16.2. The van der Waals surface area contributed by atoms with Crippen molar-refractivity contribution in [1.82, 2.24) is 15.3 Å². The molecular formula is C15H22N4O. The number of amides is 1. The summed E-state index contributed by atoms with van der Waals surface area (Å²) >= 11 is 0. The third-order valence-corrected chi connectivity index (χ3v) is 5.91. The summed E-state index contributed by atoms with van der Waals surface area (Å²) in [5.74, 6) is 0.0841. The minimum Gasteiger partial charge on any atom is -0.326 e. The Bertz CT molecular complexity index is 465. The van der Waals surface area contributed by atoms with Gasteiger partial charge in [-0.15, -0.1) is 0 Å². The van der Waals surface area contributed by atoms with Crippen molar-refractivity contribution < 1.29 is 4.79 Å². The summed E-state index contributed by atoms with van der Waals surface area (Å²) in [7, 11) is 0. The molecule has 2 heterocycles. The zero-order valence-electron chi connectivity index (χ0n) is 11.8. The summed E-state index contributed by atoms with van der Waals surface area (Å²) in [6, 6.07) is 3.42. The van der Waals surface area contributed by atoms with E-state index in [1.165, 1.54) is 32.1 Å². The van der Waals surface area contributed by atoms with Crippen molar-refractivity contribution >= 4 is 5.91 Å². The number of nitrogens with zero attached hydrogens (tertiary/aromatic N) is 3. The molecule has 5 nitrogen and oxygen atoms in total. The van der Waals surface area contributed by atoms with Crippen LogP contribution in [0.15, 0.2) is 0 Å². The molecule has 2 aliphatic heterocycles. The maximum atomic E-state index is 12.2. The monoisotopic (exact) mass is 274 g/mol. The molecule has 0 aromatic carbocycles. The first kappa shape index (κ1) is 12.6. The van der Waals surface area contributed by atoms with Gasteiger partial charge >= 0.3 is 0 Å². The zero-order valence-corrected chi connectivity index (χ0v) is 11.8. The number of hydrogen-bond acceptors (Lipinski definition) is 4. The van der Waals surface area contributed by atoms with Gasteiger partial charge in [0.25, 0.3) is 0 Å². The maximum Gasteiger partial charge on any atom is 0.239 e. The van der Waals surface area contributed by atoms with Gasteiger partial charge in [-0.2, -0.15) is 5.26 Å². The molecule has 2 saturated carbocycles. The van der Waals surface area contributed by atoms with Gasteiger partial charge in [0.05, 0.1) is 12.6 Å².